The number of hydrogen-bond acceptors (Lipinski definition) is 6. The van der Waals surface area contributed by atoms with Crippen molar-refractivity contribution in [3.63, 3.8) is 0 Å². The van der Waals surface area contributed by atoms with Crippen LogP contribution in [0.2, 0.25) is 10.0 Å². The van der Waals surface area contributed by atoms with Gasteiger partial charge in [0.05, 0.1) is 11.5 Å². The Hall–Kier alpha value is -3.89. The predicted octanol–water partition coefficient (Wildman–Crippen LogP) is 3.84. The van der Waals surface area contributed by atoms with E-state index in [1.54, 1.807) is 42.5 Å². The second-order valence-electron chi connectivity index (χ2n) is 7.51. The number of aromatic amines is 1. The maximum absolute atomic E-state index is 13.0. The number of amides is 3. The van der Waals surface area contributed by atoms with E-state index in [1.807, 2.05) is 0 Å². The number of anilines is 5. The van der Waals surface area contributed by atoms with Gasteiger partial charge in [-0.15, -0.1) is 0 Å². The summed E-state index contributed by atoms with van der Waals surface area (Å²) in [7, 11) is 0. The molecule has 0 bridgehead atoms. The van der Waals surface area contributed by atoms with Crippen molar-refractivity contribution in [2.24, 2.45) is 0 Å². The van der Waals surface area contributed by atoms with Crippen LogP contribution >= 0.6 is 23.2 Å². The van der Waals surface area contributed by atoms with Gasteiger partial charge < -0.3 is 21.3 Å². The van der Waals surface area contributed by atoms with E-state index in [-0.39, 0.29) is 29.7 Å². The van der Waals surface area contributed by atoms with E-state index in [9.17, 15) is 19.2 Å². The number of benzene rings is 2. The fraction of sp³-hybridized carbons (Fsp3) is 0.136. The molecule has 0 saturated heterocycles. The zero-order valence-electron chi connectivity index (χ0n) is 17.7. The zero-order valence-corrected chi connectivity index (χ0v) is 19.2. The van der Waals surface area contributed by atoms with E-state index in [0.717, 1.165) is 0 Å². The fourth-order valence-electron chi connectivity index (χ4n) is 3.49. The van der Waals surface area contributed by atoms with Crippen LogP contribution in [-0.4, -0.2) is 27.7 Å². The number of H-pyrrole nitrogens is 1. The van der Waals surface area contributed by atoms with Gasteiger partial charge in [-0.2, -0.15) is 4.98 Å². The summed E-state index contributed by atoms with van der Waals surface area (Å²) in [5.41, 5.74) is 0.935. The SMILES string of the molecule is CC(=O)Nc1ccc(NC(=O)C2CC(=O)Nc3nc(Nc4cc(Cl)cc(Cl)c4)[nH]c(=O)c32)cc1. The quantitative estimate of drug-likeness (QED) is 0.359. The van der Waals surface area contributed by atoms with Crippen molar-refractivity contribution in [1.82, 2.24) is 9.97 Å². The van der Waals surface area contributed by atoms with E-state index in [2.05, 4.69) is 31.2 Å². The minimum Gasteiger partial charge on any atom is -0.326 e. The Morgan fingerprint density at radius 2 is 1.59 bits per heavy atom. The van der Waals surface area contributed by atoms with Crippen LogP contribution < -0.4 is 26.8 Å². The minimum absolute atomic E-state index is 0.0169. The van der Waals surface area contributed by atoms with E-state index >= 15 is 0 Å². The number of rotatable bonds is 5. The van der Waals surface area contributed by atoms with E-state index < -0.39 is 23.3 Å². The Bertz CT molecular complexity index is 1340. The number of carbonyl (C=O) groups is 3. The molecule has 0 radical (unpaired) electrons. The molecule has 1 aliphatic heterocycles. The van der Waals surface area contributed by atoms with Crippen molar-refractivity contribution in [3.8, 4) is 0 Å². The van der Waals surface area contributed by atoms with Crippen molar-refractivity contribution >= 4 is 69.8 Å². The molecular formula is C22H18Cl2N6O4. The average Bonchev–Trinajstić information content (AvgIpc) is 2.73. The minimum atomic E-state index is -1.05. The molecule has 0 saturated carbocycles. The van der Waals surface area contributed by atoms with Gasteiger partial charge in [0.1, 0.15) is 5.82 Å². The molecule has 3 aromatic rings. The summed E-state index contributed by atoms with van der Waals surface area (Å²) in [6, 6.07) is 11.1. The van der Waals surface area contributed by atoms with E-state index in [1.165, 1.54) is 6.92 Å². The van der Waals surface area contributed by atoms with Crippen molar-refractivity contribution in [1.29, 1.82) is 0 Å². The molecule has 34 heavy (non-hydrogen) atoms. The molecule has 12 heteroatoms. The van der Waals surface area contributed by atoms with E-state index in [4.69, 9.17) is 23.2 Å². The van der Waals surface area contributed by atoms with Crippen molar-refractivity contribution < 1.29 is 14.4 Å². The number of aromatic nitrogens is 2. The lowest BCUT2D eigenvalue weighted by atomic mass is 9.92. The van der Waals surface area contributed by atoms with Crippen LogP contribution in [0.15, 0.2) is 47.3 Å². The molecule has 3 amide bonds. The second kappa shape index (κ2) is 9.54. The lowest BCUT2D eigenvalue weighted by Crippen LogP contribution is -2.36. The summed E-state index contributed by atoms with van der Waals surface area (Å²) in [5.74, 6) is -2.25. The van der Waals surface area contributed by atoms with Crippen LogP contribution in [-0.2, 0) is 14.4 Å². The first-order valence-electron chi connectivity index (χ1n) is 10.0. The van der Waals surface area contributed by atoms with Crippen LogP contribution in [0, 0.1) is 0 Å². The number of nitrogens with one attached hydrogen (secondary N) is 5. The molecule has 1 unspecified atom stereocenters. The monoisotopic (exact) mass is 500 g/mol. The summed E-state index contributed by atoms with van der Waals surface area (Å²) in [6.07, 6.45) is -0.218. The largest absolute Gasteiger partial charge is 0.326 e. The summed E-state index contributed by atoms with van der Waals surface area (Å²) >= 11 is 12.0. The first-order valence-corrected chi connectivity index (χ1v) is 10.8. The molecule has 0 fully saturated rings. The molecule has 2 aromatic carbocycles. The first-order chi connectivity index (χ1) is 16.2. The van der Waals surface area contributed by atoms with Gasteiger partial charge in [0.2, 0.25) is 23.7 Å². The Balaban J connectivity index is 1.58. The number of nitrogens with zero attached hydrogens (tertiary/aromatic N) is 1. The molecule has 2 heterocycles. The maximum Gasteiger partial charge on any atom is 0.258 e. The molecular weight excluding hydrogens is 483 g/mol. The molecule has 1 aromatic heterocycles. The van der Waals surface area contributed by atoms with Crippen molar-refractivity contribution in [2.75, 3.05) is 21.3 Å². The molecule has 0 spiro atoms. The van der Waals surface area contributed by atoms with Crippen LogP contribution in [0.1, 0.15) is 24.8 Å². The lowest BCUT2D eigenvalue weighted by Gasteiger charge is -2.23. The third-order valence-electron chi connectivity index (χ3n) is 4.87. The number of carbonyl (C=O) groups excluding carboxylic acids is 3. The standard InChI is InChI=1S/C22H18Cl2N6O4/c1-10(31)25-13-2-4-14(5-3-13)26-20(33)16-9-17(32)28-19-18(16)21(34)30-22(29-19)27-15-7-11(23)6-12(24)8-15/h2-8,16H,9H2,1H3,(H,25,31)(H,26,33)(H3,27,28,29,30,32,34). The Morgan fingerprint density at radius 3 is 2.21 bits per heavy atom. The van der Waals surface area contributed by atoms with Gasteiger partial charge in [0.15, 0.2) is 0 Å². The normalized spacial score (nSPS) is 14.6. The second-order valence-corrected chi connectivity index (χ2v) is 8.39. The van der Waals surface area contributed by atoms with Gasteiger partial charge in [-0.1, -0.05) is 23.2 Å². The van der Waals surface area contributed by atoms with Gasteiger partial charge in [-0.3, -0.25) is 24.2 Å². The molecule has 1 atom stereocenters. The van der Waals surface area contributed by atoms with Gasteiger partial charge >= 0.3 is 0 Å². The third-order valence-corrected chi connectivity index (χ3v) is 5.30. The number of fused-ring (bicyclic) bond motifs is 1. The van der Waals surface area contributed by atoms with Crippen molar-refractivity contribution in [3.05, 3.63) is 68.4 Å². The summed E-state index contributed by atoms with van der Waals surface area (Å²) in [4.78, 5) is 56.1. The van der Waals surface area contributed by atoms with Gasteiger partial charge in [0, 0.05) is 40.5 Å². The highest BCUT2D eigenvalue weighted by Gasteiger charge is 2.34. The van der Waals surface area contributed by atoms with Gasteiger partial charge in [0.25, 0.3) is 5.56 Å². The number of halogens is 2. The maximum atomic E-state index is 13.0. The smallest absolute Gasteiger partial charge is 0.258 e. The van der Waals surface area contributed by atoms with Gasteiger partial charge in [-0.25, -0.2) is 0 Å². The molecule has 4 rings (SSSR count). The Morgan fingerprint density at radius 1 is 0.971 bits per heavy atom. The summed E-state index contributed by atoms with van der Waals surface area (Å²) in [5, 5.41) is 11.5. The van der Waals surface area contributed by atoms with Gasteiger partial charge in [-0.05, 0) is 42.5 Å². The Kier molecular flexibility index (Phi) is 6.53. The Labute approximate surface area is 203 Å². The molecule has 0 aliphatic carbocycles. The topological polar surface area (TPSA) is 145 Å². The highest BCUT2D eigenvalue weighted by atomic mass is 35.5. The predicted molar refractivity (Wildman–Crippen MR) is 130 cm³/mol. The molecule has 10 nitrogen and oxygen atoms in total. The highest BCUT2D eigenvalue weighted by Crippen LogP contribution is 2.31. The summed E-state index contributed by atoms with van der Waals surface area (Å²) in [6.45, 7) is 1.39. The average molecular weight is 501 g/mol. The van der Waals surface area contributed by atoms with Crippen LogP contribution in [0.5, 0.6) is 0 Å². The molecule has 5 N–H and O–H groups in total. The zero-order chi connectivity index (χ0) is 24.4. The highest BCUT2D eigenvalue weighted by molar-refractivity contribution is 6.35. The lowest BCUT2D eigenvalue weighted by molar-refractivity contribution is -0.123. The van der Waals surface area contributed by atoms with E-state index in [0.29, 0.717) is 27.1 Å². The van der Waals surface area contributed by atoms with Crippen molar-refractivity contribution in [2.45, 2.75) is 19.3 Å². The first kappa shape index (κ1) is 23.3. The van der Waals surface area contributed by atoms with Crippen LogP contribution in [0.3, 0.4) is 0 Å². The number of hydrogen-bond donors (Lipinski definition) is 5. The summed E-state index contributed by atoms with van der Waals surface area (Å²) < 4.78 is 0. The molecule has 1 aliphatic rings. The van der Waals surface area contributed by atoms with Crippen LogP contribution in [0.4, 0.5) is 28.8 Å². The fourth-order valence-corrected chi connectivity index (χ4v) is 4.01. The molecule has 174 valence electrons. The third kappa shape index (κ3) is 5.36. The van der Waals surface area contributed by atoms with Crippen LogP contribution in [0.25, 0.3) is 0 Å².